The van der Waals surface area contributed by atoms with Crippen LogP contribution in [0.3, 0.4) is 0 Å². The molecule has 0 saturated heterocycles. The molecule has 1 N–H and O–H groups in total. The fourth-order valence-electron chi connectivity index (χ4n) is 3.87. The second-order valence-corrected chi connectivity index (χ2v) is 8.65. The van der Waals surface area contributed by atoms with Crippen molar-refractivity contribution >= 4 is 28.9 Å². The van der Waals surface area contributed by atoms with Crippen molar-refractivity contribution in [3.63, 3.8) is 0 Å². The van der Waals surface area contributed by atoms with Crippen LogP contribution in [0.1, 0.15) is 27.9 Å². The zero-order valence-corrected chi connectivity index (χ0v) is 20.7. The van der Waals surface area contributed by atoms with Crippen molar-refractivity contribution in [2.24, 2.45) is 0 Å². The molecule has 4 aromatic rings. The number of pyridine rings is 1. The lowest BCUT2D eigenvalue weighted by molar-refractivity contribution is 0.0697. The number of anilines is 2. The van der Waals surface area contributed by atoms with Crippen molar-refractivity contribution < 1.29 is 19.4 Å². The Morgan fingerprint density at radius 1 is 1.00 bits per heavy atom. The number of hydrogen-bond donors (Lipinski definition) is 1. The predicted molar refractivity (Wildman–Crippen MR) is 142 cm³/mol. The van der Waals surface area contributed by atoms with Gasteiger partial charge in [0, 0.05) is 35.7 Å². The summed E-state index contributed by atoms with van der Waals surface area (Å²) in [7, 11) is 1.61. The van der Waals surface area contributed by atoms with Gasteiger partial charge >= 0.3 is 5.97 Å². The molecule has 3 aromatic carbocycles. The number of hydrogen-bond acceptors (Lipinski definition) is 5. The number of benzene rings is 3. The van der Waals surface area contributed by atoms with Crippen LogP contribution in [0.2, 0.25) is 5.02 Å². The summed E-state index contributed by atoms with van der Waals surface area (Å²) in [6, 6.07) is 24.2. The Morgan fingerprint density at radius 2 is 1.83 bits per heavy atom. The van der Waals surface area contributed by atoms with E-state index < -0.39 is 5.97 Å². The van der Waals surface area contributed by atoms with Crippen LogP contribution in [0.5, 0.6) is 11.5 Å². The number of carboxylic acid groups (broad SMARTS) is 1. The van der Waals surface area contributed by atoms with E-state index in [0.717, 1.165) is 34.8 Å². The molecule has 0 unspecified atom stereocenters. The topological polar surface area (TPSA) is 71.9 Å². The first-order chi connectivity index (χ1) is 17.5. The molecule has 0 amide bonds. The second-order valence-electron chi connectivity index (χ2n) is 8.22. The van der Waals surface area contributed by atoms with E-state index in [9.17, 15) is 9.90 Å². The average molecular weight is 503 g/mol. The normalized spacial score (nSPS) is 10.6. The van der Waals surface area contributed by atoms with Gasteiger partial charge in [0.1, 0.15) is 11.5 Å². The molecule has 1 aromatic heterocycles. The quantitative estimate of drug-likeness (QED) is 0.228. The van der Waals surface area contributed by atoms with Gasteiger partial charge in [-0.1, -0.05) is 35.9 Å². The predicted octanol–water partition coefficient (Wildman–Crippen LogP) is 6.79. The summed E-state index contributed by atoms with van der Waals surface area (Å²) in [6.45, 7) is 0.975. The second kappa shape index (κ2) is 12.1. The first-order valence-electron chi connectivity index (χ1n) is 11.6. The zero-order valence-electron chi connectivity index (χ0n) is 19.9. The summed E-state index contributed by atoms with van der Waals surface area (Å²) < 4.78 is 11.7. The van der Waals surface area contributed by atoms with Crippen LogP contribution in [-0.2, 0) is 13.0 Å². The van der Waals surface area contributed by atoms with Gasteiger partial charge < -0.3 is 19.5 Å². The molecule has 0 saturated carbocycles. The fourth-order valence-corrected chi connectivity index (χ4v) is 3.99. The minimum Gasteiger partial charge on any atom is -0.497 e. The van der Waals surface area contributed by atoms with Crippen LogP contribution in [0.4, 0.5) is 11.4 Å². The van der Waals surface area contributed by atoms with Crippen LogP contribution in [0, 0.1) is 0 Å². The van der Waals surface area contributed by atoms with E-state index in [1.54, 1.807) is 37.7 Å². The molecule has 36 heavy (non-hydrogen) atoms. The number of carbonyl (C=O) groups is 1. The van der Waals surface area contributed by atoms with Gasteiger partial charge in [0.15, 0.2) is 0 Å². The largest absolute Gasteiger partial charge is 0.497 e. The van der Waals surface area contributed by atoms with E-state index in [2.05, 4.69) is 4.98 Å². The van der Waals surface area contributed by atoms with Gasteiger partial charge in [-0.2, -0.15) is 0 Å². The van der Waals surface area contributed by atoms with Gasteiger partial charge in [-0.3, -0.25) is 4.98 Å². The Labute approximate surface area is 215 Å². The highest BCUT2D eigenvalue weighted by Gasteiger charge is 2.18. The first-order valence-corrected chi connectivity index (χ1v) is 12.0. The number of nitrogens with zero attached hydrogens (tertiary/aromatic N) is 2. The summed E-state index contributed by atoms with van der Waals surface area (Å²) in [5.74, 6) is 0.341. The number of carboxylic acids is 1. The number of halogens is 1. The van der Waals surface area contributed by atoms with Gasteiger partial charge in [0.05, 0.1) is 25.0 Å². The Balaban J connectivity index is 1.63. The van der Waals surface area contributed by atoms with Crippen LogP contribution < -0.4 is 14.4 Å². The van der Waals surface area contributed by atoms with E-state index in [-0.39, 0.29) is 5.56 Å². The minimum absolute atomic E-state index is 0.211. The van der Waals surface area contributed by atoms with Crippen LogP contribution in [0.25, 0.3) is 0 Å². The molecule has 7 heteroatoms. The van der Waals surface area contributed by atoms with Gasteiger partial charge in [0.25, 0.3) is 0 Å². The highest BCUT2D eigenvalue weighted by molar-refractivity contribution is 6.30. The molecule has 0 spiro atoms. The Hall–Kier alpha value is -4.03. The van der Waals surface area contributed by atoms with Gasteiger partial charge in [-0.25, -0.2) is 4.79 Å². The van der Waals surface area contributed by atoms with Crippen LogP contribution >= 0.6 is 11.6 Å². The lowest BCUT2D eigenvalue weighted by atomic mass is 10.1. The monoisotopic (exact) mass is 502 g/mol. The van der Waals surface area contributed by atoms with Gasteiger partial charge in [-0.05, 0) is 72.5 Å². The third kappa shape index (κ3) is 6.55. The number of aromatic carboxylic acids is 1. The summed E-state index contributed by atoms with van der Waals surface area (Å²) in [5, 5.41) is 10.3. The summed E-state index contributed by atoms with van der Waals surface area (Å²) >= 11 is 5.99. The minimum atomic E-state index is -0.980. The Bertz CT molecular complexity index is 1300. The van der Waals surface area contributed by atoms with E-state index in [0.29, 0.717) is 24.7 Å². The molecule has 4 rings (SSSR count). The average Bonchev–Trinajstić information content (AvgIpc) is 2.91. The Morgan fingerprint density at radius 3 is 2.56 bits per heavy atom. The number of ether oxygens (including phenoxy) is 2. The van der Waals surface area contributed by atoms with Gasteiger partial charge in [-0.15, -0.1) is 0 Å². The molecule has 0 fully saturated rings. The molecule has 0 aliphatic rings. The summed E-state index contributed by atoms with van der Waals surface area (Å²) in [5.41, 5.74) is 3.91. The van der Waals surface area contributed by atoms with Gasteiger partial charge in [0.2, 0.25) is 0 Å². The molecule has 6 nitrogen and oxygen atoms in total. The SMILES string of the molecule is COc1ccc(N(Cc2cccnc2)c2cccc(C(=O)O)c2)c(OCCCc2ccc(Cl)cc2)c1. The Kier molecular flexibility index (Phi) is 8.42. The number of aryl methyl sites for hydroxylation is 1. The molecule has 0 radical (unpaired) electrons. The molecule has 0 aliphatic heterocycles. The molecule has 0 aliphatic carbocycles. The molecule has 0 atom stereocenters. The number of methoxy groups -OCH3 is 1. The highest BCUT2D eigenvalue weighted by atomic mass is 35.5. The summed E-state index contributed by atoms with van der Waals surface area (Å²) in [4.78, 5) is 17.9. The highest BCUT2D eigenvalue weighted by Crippen LogP contribution is 2.38. The fraction of sp³-hybridized carbons (Fsp3) is 0.172. The molecule has 1 heterocycles. The van der Waals surface area contributed by atoms with Crippen LogP contribution in [0.15, 0.2) is 91.3 Å². The standard InChI is InChI=1S/C29H27ClN2O4/c1-35-26-13-14-27(28(18-26)36-16-4-6-21-9-11-24(30)12-10-21)32(20-22-5-3-15-31-19-22)25-8-2-7-23(17-25)29(33)34/h2-3,5,7-15,17-19H,4,6,16,20H2,1H3,(H,33,34). The third-order valence-electron chi connectivity index (χ3n) is 5.71. The molecule has 184 valence electrons. The van der Waals surface area contributed by atoms with Crippen LogP contribution in [-0.4, -0.2) is 29.8 Å². The number of rotatable bonds is 11. The zero-order chi connectivity index (χ0) is 25.3. The maximum absolute atomic E-state index is 11.7. The molecule has 0 bridgehead atoms. The van der Waals surface area contributed by atoms with E-state index in [1.165, 1.54) is 5.56 Å². The van der Waals surface area contributed by atoms with E-state index in [4.69, 9.17) is 21.1 Å². The smallest absolute Gasteiger partial charge is 0.335 e. The van der Waals surface area contributed by atoms with Crippen molar-refractivity contribution in [2.45, 2.75) is 19.4 Å². The number of aromatic nitrogens is 1. The lowest BCUT2D eigenvalue weighted by Crippen LogP contribution is -2.18. The van der Waals surface area contributed by atoms with Crippen molar-refractivity contribution in [2.75, 3.05) is 18.6 Å². The third-order valence-corrected chi connectivity index (χ3v) is 5.96. The van der Waals surface area contributed by atoms with E-state index >= 15 is 0 Å². The van der Waals surface area contributed by atoms with Crippen molar-refractivity contribution in [1.82, 2.24) is 4.98 Å². The maximum atomic E-state index is 11.7. The summed E-state index contributed by atoms with van der Waals surface area (Å²) in [6.07, 6.45) is 5.19. The maximum Gasteiger partial charge on any atom is 0.335 e. The molecular formula is C29H27ClN2O4. The van der Waals surface area contributed by atoms with Crippen molar-refractivity contribution in [1.29, 1.82) is 0 Å². The first kappa shape index (κ1) is 25.1. The van der Waals surface area contributed by atoms with E-state index in [1.807, 2.05) is 65.6 Å². The van der Waals surface area contributed by atoms with Crippen molar-refractivity contribution in [3.05, 3.63) is 113 Å². The lowest BCUT2D eigenvalue weighted by Gasteiger charge is -2.28. The molecular weight excluding hydrogens is 476 g/mol. The van der Waals surface area contributed by atoms with Crippen molar-refractivity contribution in [3.8, 4) is 11.5 Å².